The number of nitrogens with zero attached hydrogens (tertiary/aromatic N) is 4. The molecule has 0 bridgehead atoms. The van der Waals surface area contributed by atoms with E-state index >= 15 is 0 Å². The first-order valence-corrected chi connectivity index (χ1v) is 4.99. The van der Waals surface area contributed by atoms with Crippen molar-refractivity contribution in [3.05, 3.63) is 11.9 Å². The normalized spacial score (nSPS) is 10.2. The standard InChI is InChI=1S/C10H19N5/c1-8-12-9(14(2)3)7-10(13-8)15(4)6-5-11/h7H,5-6,11H2,1-4H3. The molecule has 1 rings (SSSR count). The number of rotatable bonds is 4. The first kappa shape index (κ1) is 11.7. The van der Waals surface area contributed by atoms with E-state index in [1.165, 1.54) is 0 Å². The molecule has 1 heterocycles. The van der Waals surface area contributed by atoms with E-state index in [4.69, 9.17) is 5.73 Å². The molecule has 0 aliphatic heterocycles. The summed E-state index contributed by atoms with van der Waals surface area (Å²) in [6.45, 7) is 3.31. The van der Waals surface area contributed by atoms with E-state index in [1.807, 2.05) is 43.9 Å². The third kappa shape index (κ3) is 3.06. The molecule has 0 atom stereocenters. The van der Waals surface area contributed by atoms with Gasteiger partial charge in [-0.1, -0.05) is 0 Å². The summed E-state index contributed by atoms with van der Waals surface area (Å²) in [4.78, 5) is 12.7. The molecule has 0 fully saturated rings. The fourth-order valence-corrected chi connectivity index (χ4v) is 1.27. The van der Waals surface area contributed by atoms with Gasteiger partial charge in [-0.2, -0.15) is 0 Å². The van der Waals surface area contributed by atoms with E-state index in [-0.39, 0.29) is 0 Å². The minimum Gasteiger partial charge on any atom is -0.363 e. The van der Waals surface area contributed by atoms with E-state index in [9.17, 15) is 0 Å². The first-order valence-electron chi connectivity index (χ1n) is 4.99. The zero-order valence-electron chi connectivity index (χ0n) is 9.86. The number of aromatic nitrogens is 2. The van der Waals surface area contributed by atoms with Crippen molar-refractivity contribution in [3.63, 3.8) is 0 Å². The molecule has 0 unspecified atom stereocenters. The predicted molar refractivity (Wildman–Crippen MR) is 63.4 cm³/mol. The topological polar surface area (TPSA) is 58.3 Å². The molecule has 2 N–H and O–H groups in total. The van der Waals surface area contributed by atoms with Crippen LogP contribution in [0.25, 0.3) is 0 Å². The molecule has 0 spiro atoms. The van der Waals surface area contributed by atoms with Gasteiger partial charge in [0.2, 0.25) is 0 Å². The molecular formula is C10H19N5. The smallest absolute Gasteiger partial charge is 0.134 e. The molecule has 0 aliphatic rings. The van der Waals surface area contributed by atoms with Gasteiger partial charge in [-0.3, -0.25) is 0 Å². The second-order valence-electron chi connectivity index (χ2n) is 3.74. The number of likely N-dealkylation sites (N-methyl/N-ethyl adjacent to an activating group) is 1. The summed E-state index contributed by atoms with van der Waals surface area (Å²) in [5, 5.41) is 0. The monoisotopic (exact) mass is 209 g/mol. The van der Waals surface area contributed by atoms with Crippen molar-refractivity contribution in [2.24, 2.45) is 5.73 Å². The minimum atomic E-state index is 0.622. The maximum atomic E-state index is 5.51. The Morgan fingerprint density at radius 2 is 1.80 bits per heavy atom. The second kappa shape index (κ2) is 4.93. The summed E-state index contributed by atoms with van der Waals surface area (Å²) >= 11 is 0. The van der Waals surface area contributed by atoms with Crippen LogP contribution in [0.3, 0.4) is 0 Å². The van der Waals surface area contributed by atoms with Crippen molar-refractivity contribution in [1.82, 2.24) is 9.97 Å². The van der Waals surface area contributed by atoms with Gasteiger partial charge in [-0.15, -0.1) is 0 Å². The van der Waals surface area contributed by atoms with Crippen LogP contribution >= 0.6 is 0 Å². The Balaban J connectivity index is 2.98. The molecular weight excluding hydrogens is 190 g/mol. The van der Waals surface area contributed by atoms with Crippen LogP contribution in [0.15, 0.2) is 6.07 Å². The van der Waals surface area contributed by atoms with E-state index in [0.717, 1.165) is 24.0 Å². The molecule has 15 heavy (non-hydrogen) atoms. The van der Waals surface area contributed by atoms with E-state index in [1.54, 1.807) is 0 Å². The Kier molecular flexibility index (Phi) is 3.85. The average molecular weight is 209 g/mol. The molecule has 0 saturated heterocycles. The van der Waals surface area contributed by atoms with E-state index in [2.05, 4.69) is 9.97 Å². The second-order valence-corrected chi connectivity index (χ2v) is 3.74. The van der Waals surface area contributed by atoms with Crippen LogP contribution in [-0.2, 0) is 0 Å². The van der Waals surface area contributed by atoms with Gasteiger partial charge < -0.3 is 15.5 Å². The first-order chi connectivity index (χ1) is 7.04. The lowest BCUT2D eigenvalue weighted by Gasteiger charge is -2.20. The molecule has 5 heteroatoms. The number of hydrogen-bond donors (Lipinski definition) is 1. The molecule has 0 saturated carbocycles. The Morgan fingerprint density at radius 3 is 2.33 bits per heavy atom. The highest BCUT2D eigenvalue weighted by Gasteiger charge is 2.06. The number of anilines is 2. The molecule has 0 radical (unpaired) electrons. The van der Waals surface area contributed by atoms with Crippen LogP contribution in [0.5, 0.6) is 0 Å². The van der Waals surface area contributed by atoms with Crippen molar-refractivity contribution in [3.8, 4) is 0 Å². The van der Waals surface area contributed by atoms with Crippen LogP contribution in [0.4, 0.5) is 11.6 Å². The zero-order valence-corrected chi connectivity index (χ0v) is 9.86. The summed E-state index contributed by atoms with van der Waals surface area (Å²) < 4.78 is 0. The summed E-state index contributed by atoms with van der Waals surface area (Å²) in [6, 6.07) is 1.96. The maximum Gasteiger partial charge on any atom is 0.134 e. The van der Waals surface area contributed by atoms with Gasteiger partial charge in [0.1, 0.15) is 17.5 Å². The molecule has 1 aromatic heterocycles. The molecule has 0 aromatic carbocycles. The van der Waals surface area contributed by atoms with Crippen LogP contribution in [0, 0.1) is 6.92 Å². The van der Waals surface area contributed by atoms with Crippen LogP contribution < -0.4 is 15.5 Å². The SMILES string of the molecule is Cc1nc(N(C)C)cc(N(C)CCN)n1. The fraction of sp³-hybridized carbons (Fsp3) is 0.600. The van der Waals surface area contributed by atoms with Gasteiger partial charge in [0.25, 0.3) is 0 Å². The van der Waals surface area contributed by atoms with Crippen LogP contribution in [-0.4, -0.2) is 44.2 Å². The zero-order chi connectivity index (χ0) is 11.4. The molecule has 84 valence electrons. The predicted octanol–water partition coefficient (Wildman–Crippen LogP) is 0.246. The summed E-state index contributed by atoms with van der Waals surface area (Å²) in [6.07, 6.45) is 0. The van der Waals surface area contributed by atoms with E-state index in [0.29, 0.717) is 6.54 Å². The number of nitrogens with two attached hydrogens (primary N) is 1. The highest BCUT2D eigenvalue weighted by molar-refractivity contribution is 5.49. The summed E-state index contributed by atoms with van der Waals surface area (Å²) in [5.41, 5.74) is 5.51. The Morgan fingerprint density at radius 1 is 1.20 bits per heavy atom. The average Bonchev–Trinajstić information content (AvgIpc) is 2.17. The quantitative estimate of drug-likeness (QED) is 0.770. The van der Waals surface area contributed by atoms with Gasteiger partial charge >= 0.3 is 0 Å². The van der Waals surface area contributed by atoms with Crippen LogP contribution in [0.1, 0.15) is 5.82 Å². The van der Waals surface area contributed by atoms with Gasteiger partial charge in [0, 0.05) is 40.3 Å². The highest BCUT2D eigenvalue weighted by Crippen LogP contribution is 2.15. The van der Waals surface area contributed by atoms with E-state index < -0.39 is 0 Å². The Hall–Kier alpha value is -1.36. The molecule has 0 amide bonds. The summed E-state index contributed by atoms with van der Waals surface area (Å²) in [7, 11) is 5.91. The molecule has 0 aliphatic carbocycles. The number of aryl methyl sites for hydroxylation is 1. The third-order valence-electron chi connectivity index (χ3n) is 2.12. The van der Waals surface area contributed by atoms with Crippen molar-refractivity contribution in [2.75, 3.05) is 44.0 Å². The van der Waals surface area contributed by atoms with Crippen molar-refractivity contribution in [1.29, 1.82) is 0 Å². The number of hydrogen-bond acceptors (Lipinski definition) is 5. The van der Waals surface area contributed by atoms with Crippen LogP contribution in [0.2, 0.25) is 0 Å². The summed E-state index contributed by atoms with van der Waals surface area (Å²) in [5.74, 6) is 2.61. The van der Waals surface area contributed by atoms with Crippen molar-refractivity contribution in [2.45, 2.75) is 6.92 Å². The lowest BCUT2D eigenvalue weighted by Crippen LogP contribution is -2.26. The van der Waals surface area contributed by atoms with Gasteiger partial charge in [-0.05, 0) is 6.92 Å². The highest BCUT2D eigenvalue weighted by atomic mass is 15.2. The van der Waals surface area contributed by atoms with Gasteiger partial charge in [0.05, 0.1) is 0 Å². The molecule has 5 nitrogen and oxygen atoms in total. The Labute approximate surface area is 90.9 Å². The lowest BCUT2D eigenvalue weighted by atomic mass is 10.4. The molecule has 1 aromatic rings. The largest absolute Gasteiger partial charge is 0.363 e. The van der Waals surface area contributed by atoms with Crippen molar-refractivity contribution < 1.29 is 0 Å². The third-order valence-corrected chi connectivity index (χ3v) is 2.12. The van der Waals surface area contributed by atoms with Gasteiger partial charge in [-0.25, -0.2) is 9.97 Å². The van der Waals surface area contributed by atoms with Gasteiger partial charge in [0.15, 0.2) is 0 Å². The minimum absolute atomic E-state index is 0.622. The Bertz CT molecular complexity index is 324. The fourth-order valence-electron chi connectivity index (χ4n) is 1.27. The lowest BCUT2D eigenvalue weighted by molar-refractivity contribution is 0.853. The van der Waals surface area contributed by atoms with Crippen molar-refractivity contribution >= 4 is 11.6 Å². The maximum absolute atomic E-state index is 5.51.